The smallest absolute Gasteiger partial charge is 0.307 e. The third-order valence-electron chi connectivity index (χ3n) is 3.82. The van der Waals surface area contributed by atoms with Crippen LogP contribution in [0.2, 0.25) is 10.0 Å². The van der Waals surface area contributed by atoms with E-state index >= 15 is 0 Å². The first kappa shape index (κ1) is 22.2. The lowest BCUT2D eigenvalue weighted by Gasteiger charge is -2.14. The molecule has 2 aromatic carbocycles. The molecule has 150 valence electrons. The highest BCUT2D eigenvalue weighted by Gasteiger charge is 2.21. The number of benzene rings is 2. The normalized spacial score (nSPS) is 12.3. The summed E-state index contributed by atoms with van der Waals surface area (Å²) in [7, 11) is -3.62. The summed E-state index contributed by atoms with van der Waals surface area (Å²) in [5.74, 6) is -1.80. The van der Waals surface area contributed by atoms with Crippen molar-refractivity contribution >= 4 is 50.6 Å². The van der Waals surface area contributed by atoms with Gasteiger partial charge in [-0.1, -0.05) is 40.9 Å². The molecule has 1 unspecified atom stereocenters. The maximum absolute atomic E-state index is 12.3. The van der Waals surface area contributed by atoms with Gasteiger partial charge in [-0.3, -0.25) is 9.59 Å². The molecule has 0 fully saturated rings. The minimum atomic E-state index is -3.62. The first-order valence-electron chi connectivity index (χ1n) is 8.33. The van der Waals surface area contributed by atoms with E-state index in [4.69, 9.17) is 27.9 Å². The van der Waals surface area contributed by atoms with Crippen LogP contribution < -0.4 is 5.32 Å². The van der Waals surface area contributed by atoms with E-state index in [1.165, 1.54) is 31.2 Å². The number of nitrogens with one attached hydrogen (secondary N) is 1. The van der Waals surface area contributed by atoms with Gasteiger partial charge in [0.25, 0.3) is 5.91 Å². The Kier molecular flexibility index (Phi) is 7.46. The van der Waals surface area contributed by atoms with Crippen LogP contribution in [0, 0.1) is 6.92 Å². The fraction of sp³-hybridized carbons (Fsp3) is 0.263. The second-order valence-electron chi connectivity index (χ2n) is 6.13. The van der Waals surface area contributed by atoms with E-state index in [0.29, 0.717) is 10.7 Å². The minimum absolute atomic E-state index is 0.133. The molecular formula is C19H19Cl2NO5S. The van der Waals surface area contributed by atoms with Gasteiger partial charge in [0.2, 0.25) is 0 Å². The first-order valence-corrected chi connectivity index (χ1v) is 10.7. The van der Waals surface area contributed by atoms with Crippen molar-refractivity contribution in [3.05, 3.63) is 58.1 Å². The number of carbonyl (C=O) groups is 2. The van der Waals surface area contributed by atoms with E-state index in [-0.39, 0.29) is 16.3 Å². The summed E-state index contributed by atoms with van der Waals surface area (Å²) >= 11 is 11.8. The minimum Gasteiger partial charge on any atom is -0.453 e. The number of sulfone groups is 1. The van der Waals surface area contributed by atoms with Gasteiger partial charge in [-0.05, 0) is 44.2 Å². The van der Waals surface area contributed by atoms with Crippen LogP contribution in [-0.4, -0.2) is 32.2 Å². The molecule has 1 N–H and O–H groups in total. The molecule has 2 rings (SSSR count). The van der Waals surface area contributed by atoms with Crippen molar-refractivity contribution in [2.45, 2.75) is 31.3 Å². The van der Waals surface area contributed by atoms with Gasteiger partial charge in [-0.2, -0.15) is 0 Å². The summed E-state index contributed by atoms with van der Waals surface area (Å²) in [4.78, 5) is 24.2. The molecule has 0 aliphatic carbocycles. The number of esters is 1. The maximum Gasteiger partial charge on any atom is 0.307 e. The molecule has 0 spiro atoms. The monoisotopic (exact) mass is 443 g/mol. The Morgan fingerprint density at radius 2 is 1.75 bits per heavy atom. The molecule has 0 saturated carbocycles. The van der Waals surface area contributed by atoms with Crippen LogP contribution in [0.1, 0.15) is 18.9 Å². The number of anilines is 1. The van der Waals surface area contributed by atoms with Crippen molar-refractivity contribution in [1.82, 2.24) is 0 Å². The van der Waals surface area contributed by atoms with E-state index in [1.807, 2.05) is 6.92 Å². The van der Waals surface area contributed by atoms with Crippen LogP contribution in [0.15, 0.2) is 47.4 Å². The number of aryl methyl sites for hydroxylation is 1. The van der Waals surface area contributed by atoms with Gasteiger partial charge in [-0.15, -0.1) is 0 Å². The number of hydrogen-bond acceptors (Lipinski definition) is 5. The molecule has 0 heterocycles. The van der Waals surface area contributed by atoms with E-state index in [2.05, 4.69) is 5.32 Å². The van der Waals surface area contributed by atoms with E-state index in [9.17, 15) is 18.0 Å². The highest BCUT2D eigenvalue weighted by molar-refractivity contribution is 7.91. The summed E-state index contributed by atoms with van der Waals surface area (Å²) < 4.78 is 29.5. The SMILES string of the molecule is Cc1ccc(S(=O)(=O)CCC(=O)OC(C)C(=O)Nc2ccc(Cl)cc2Cl)cc1. The Hall–Kier alpha value is -2.09. The molecular weight excluding hydrogens is 425 g/mol. The van der Waals surface area contributed by atoms with Crippen LogP contribution in [-0.2, 0) is 24.2 Å². The highest BCUT2D eigenvalue weighted by atomic mass is 35.5. The molecule has 0 bridgehead atoms. The second kappa shape index (κ2) is 9.41. The molecule has 28 heavy (non-hydrogen) atoms. The topological polar surface area (TPSA) is 89.5 Å². The quantitative estimate of drug-likeness (QED) is 0.652. The van der Waals surface area contributed by atoms with Crippen molar-refractivity contribution in [2.75, 3.05) is 11.1 Å². The Labute approximate surface area is 173 Å². The number of ether oxygens (including phenoxy) is 1. The molecule has 0 radical (unpaired) electrons. The van der Waals surface area contributed by atoms with Gasteiger partial charge in [0.05, 0.1) is 27.8 Å². The molecule has 9 heteroatoms. The van der Waals surface area contributed by atoms with Crippen LogP contribution in [0.3, 0.4) is 0 Å². The fourth-order valence-electron chi connectivity index (χ4n) is 2.22. The van der Waals surface area contributed by atoms with Crippen LogP contribution in [0.4, 0.5) is 5.69 Å². The molecule has 2 aromatic rings. The molecule has 1 amide bonds. The summed E-state index contributed by atoms with van der Waals surface area (Å²) in [6, 6.07) is 10.9. The third kappa shape index (κ3) is 6.22. The van der Waals surface area contributed by atoms with Gasteiger partial charge < -0.3 is 10.1 Å². The lowest BCUT2D eigenvalue weighted by atomic mass is 10.2. The number of rotatable bonds is 7. The molecule has 0 aromatic heterocycles. The molecule has 0 aliphatic heterocycles. The van der Waals surface area contributed by atoms with Crippen LogP contribution in [0.5, 0.6) is 0 Å². The molecule has 6 nitrogen and oxygen atoms in total. The van der Waals surface area contributed by atoms with Crippen LogP contribution in [0.25, 0.3) is 0 Å². The predicted molar refractivity (Wildman–Crippen MR) is 108 cm³/mol. The Balaban J connectivity index is 1.89. The zero-order valence-electron chi connectivity index (χ0n) is 15.2. The number of carbonyl (C=O) groups excluding carboxylic acids is 2. The molecule has 0 aliphatic rings. The zero-order chi connectivity index (χ0) is 20.9. The standard InChI is InChI=1S/C19H19Cl2NO5S/c1-12-3-6-15(7-4-12)28(25,26)10-9-18(23)27-13(2)19(24)22-17-8-5-14(20)11-16(17)21/h3-8,11,13H,9-10H2,1-2H3,(H,22,24). The maximum atomic E-state index is 12.3. The first-order chi connectivity index (χ1) is 13.1. The lowest BCUT2D eigenvalue weighted by molar-refractivity contribution is -0.152. The lowest BCUT2D eigenvalue weighted by Crippen LogP contribution is -2.30. The molecule has 1 atom stereocenters. The summed E-state index contributed by atoms with van der Waals surface area (Å²) in [6.07, 6.45) is -1.49. The Morgan fingerprint density at radius 3 is 2.36 bits per heavy atom. The Bertz CT molecular complexity index is 974. The van der Waals surface area contributed by atoms with Gasteiger partial charge in [-0.25, -0.2) is 8.42 Å². The number of amides is 1. The summed E-state index contributed by atoms with van der Waals surface area (Å²) in [6.45, 7) is 3.23. The predicted octanol–water partition coefficient (Wildman–Crippen LogP) is 4.04. The van der Waals surface area contributed by atoms with E-state index < -0.39 is 33.6 Å². The van der Waals surface area contributed by atoms with Gasteiger partial charge in [0.15, 0.2) is 15.9 Å². The van der Waals surface area contributed by atoms with Crippen molar-refractivity contribution < 1.29 is 22.7 Å². The van der Waals surface area contributed by atoms with Crippen molar-refractivity contribution in [2.24, 2.45) is 0 Å². The van der Waals surface area contributed by atoms with Crippen molar-refractivity contribution in [1.29, 1.82) is 0 Å². The van der Waals surface area contributed by atoms with Gasteiger partial charge in [0, 0.05) is 5.02 Å². The second-order valence-corrected chi connectivity index (χ2v) is 9.08. The average Bonchev–Trinajstić information content (AvgIpc) is 2.62. The fourth-order valence-corrected chi connectivity index (χ4v) is 3.89. The van der Waals surface area contributed by atoms with Gasteiger partial charge >= 0.3 is 5.97 Å². The Morgan fingerprint density at radius 1 is 1.11 bits per heavy atom. The largest absolute Gasteiger partial charge is 0.453 e. The van der Waals surface area contributed by atoms with E-state index in [0.717, 1.165) is 5.56 Å². The summed E-state index contributed by atoms with van der Waals surface area (Å²) in [5, 5.41) is 3.17. The average molecular weight is 444 g/mol. The number of hydrogen-bond donors (Lipinski definition) is 1. The molecule has 0 saturated heterocycles. The third-order valence-corrected chi connectivity index (χ3v) is 6.10. The van der Waals surface area contributed by atoms with Crippen molar-refractivity contribution in [3.63, 3.8) is 0 Å². The number of halogens is 2. The highest BCUT2D eigenvalue weighted by Crippen LogP contribution is 2.25. The van der Waals surface area contributed by atoms with Crippen molar-refractivity contribution in [3.8, 4) is 0 Å². The van der Waals surface area contributed by atoms with Gasteiger partial charge in [0.1, 0.15) is 0 Å². The van der Waals surface area contributed by atoms with E-state index in [1.54, 1.807) is 18.2 Å². The van der Waals surface area contributed by atoms with Crippen LogP contribution >= 0.6 is 23.2 Å². The zero-order valence-corrected chi connectivity index (χ0v) is 17.6. The summed E-state index contributed by atoms with van der Waals surface area (Å²) in [5.41, 5.74) is 1.25.